The van der Waals surface area contributed by atoms with Gasteiger partial charge in [0, 0.05) is 18.3 Å². The van der Waals surface area contributed by atoms with Gasteiger partial charge in [-0.1, -0.05) is 24.3 Å². The smallest absolute Gasteiger partial charge is 0.326 e. The highest BCUT2D eigenvalue weighted by Crippen LogP contribution is 2.08. The number of H-pyrrole nitrogens is 1. The Balaban J connectivity index is 1.98. The molecule has 0 bridgehead atoms. The summed E-state index contributed by atoms with van der Waals surface area (Å²) in [7, 11) is 0. The normalized spacial score (nSPS) is 11.9. The fourth-order valence-electron chi connectivity index (χ4n) is 2.04. The van der Waals surface area contributed by atoms with Crippen molar-refractivity contribution in [2.45, 2.75) is 25.8 Å². The Bertz CT molecular complexity index is 623. The van der Waals surface area contributed by atoms with Gasteiger partial charge in [0.1, 0.15) is 6.04 Å². The summed E-state index contributed by atoms with van der Waals surface area (Å²) in [6.07, 6.45) is 3.36. The first-order valence-electron chi connectivity index (χ1n) is 6.60. The van der Waals surface area contributed by atoms with E-state index in [-0.39, 0.29) is 18.7 Å². The highest BCUT2D eigenvalue weighted by atomic mass is 16.4. The molecule has 110 valence electrons. The second-order valence-electron chi connectivity index (χ2n) is 4.84. The molecule has 6 nitrogen and oxygen atoms in total. The molecule has 0 aliphatic carbocycles. The molecule has 1 heterocycles. The van der Waals surface area contributed by atoms with Crippen LogP contribution >= 0.6 is 0 Å². The molecule has 21 heavy (non-hydrogen) atoms. The zero-order chi connectivity index (χ0) is 15.2. The maximum Gasteiger partial charge on any atom is 0.326 e. The minimum atomic E-state index is -1.07. The van der Waals surface area contributed by atoms with Gasteiger partial charge < -0.3 is 15.4 Å². The Kier molecular flexibility index (Phi) is 4.71. The minimum Gasteiger partial charge on any atom is -0.480 e. The predicted molar refractivity (Wildman–Crippen MR) is 76.7 cm³/mol. The number of hydrogen-bond donors (Lipinski definition) is 3. The van der Waals surface area contributed by atoms with Gasteiger partial charge in [-0.3, -0.25) is 4.79 Å². The Hall–Kier alpha value is -2.63. The molecule has 1 amide bonds. The lowest BCUT2D eigenvalue weighted by molar-refractivity contribution is -0.141. The van der Waals surface area contributed by atoms with E-state index in [1.54, 1.807) is 6.20 Å². The minimum absolute atomic E-state index is 0.166. The fourth-order valence-corrected chi connectivity index (χ4v) is 2.04. The highest BCUT2D eigenvalue weighted by Gasteiger charge is 2.21. The number of aromatic nitrogens is 2. The summed E-state index contributed by atoms with van der Waals surface area (Å²) in [5.74, 6) is -1.38. The second kappa shape index (κ2) is 6.69. The Labute approximate surface area is 122 Å². The number of aryl methyl sites for hydroxylation is 1. The molecule has 1 aromatic carbocycles. The predicted octanol–water partition coefficient (Wildman–Crippen LogP) is 1.07. The van der Waals surface area contributed by atoms with Crippen LogP contribution in [0.4, 0.5) is 0 Å². The molecule has 0 saturated heterocycles. The van der Waals surface area contributed by atoms with Crippen molar-refractivity contribution in [2.75, 3.05) is 0 Å². The standard InChI is InChI=1S/C15H17N3O3/c1-10-4-2-3-5-11(10)6-14(19)18-13(15(20)21)7-12-8-16-9-17-12/h2-5,8-9,13H,6-7H2,1H3,(H,16,17)(H,18,19)(H,20,21)/t13-/m1/s1. The highest BCUT2D eigenvalue weighted by molar-refractivity contribution is 5.85. The maximum atomic E-state index is 12.0. The van der Waals surface area contributed by atoms with Crippen LogP contribution in [0.1, 0.15) is 16.8 Å². The molecule has 0 radical (unpaired) electrons. The molecule has 3 N–H and O–H groups in total. The van der Waals surface area contributed by atoms with E-state index in [1.807, 2.05) is 31.2 Å². The van der Waals surface area contributed by atoms with Crippen LogP contribution in [-0.2, 0) is 22.4 Å². The largest absolute Gasteiger partial charge is 0.480 e. The molecule has 0 unspecified atom stereocenters. The van der Waals surface area contributed by atoms with Crippen LogP contribution in [0.15, 0.2) is 36.8 Å². The molecule has 1 atom stereocenters. The van der Waals surface area contributed by atoms with Crippen LogP contribution in [0.25, 0.3) is 0 Å². The number of amides is 1. The SMILES string of the molecule is Cc1ccccc1CC(=O)N[C@H](Cc1cnc[nH]1)C(=O)O. The molecule has 1 aromatic heterocycles. The van der Waals surface area contributed by atoms with E-state index in [1.165, 1.54) is 6.33 Å². The Morgan fingerprint density at radius 2 is 2.14 bits per heavy atom. The number of benzene rings is 1. The number of aliphatic carboxylic acids is 1. The van der Waals surface area contributed by atoms with Gasteiger partial charge in [-0.05, 0) is 18.1 Å². The summed E-state index contributed by atoms with van der Waals surface area (Å²) in [4.78, 5) is 29.9. The van der Waals surface area contributed by atoms with Crippen LogP contribution in [0.5, 0.6) is 0 Å². The van der Waals surface area contributed by atoms with Crippen LogP contribution in [0.3, 0.4) is 0 Å². The number of carbonyl (C=O) groups is 2. The third-order valence-electron chi connectivity index (χ3n) is 3.22. The summed E-state index contributed by atoms with van der Waals surface area (Å²) in [6.45, 7) is 1.92. The van der Waals surface area contributed by atoms with E-state index in [0.717, 1.165) is 11.1 Å². The number of carboxylic acid groups (broad SMARTS) is 1. The summed E-state index contributed by atoms with van der Waals surface area (Å²) >= 11 is 0. The van der Waals surface area contributed by atoms with E-state index >= 15 is 0 Å². The van der Waals surface area contributed by atoms with Crippen molar-refractivity contribution in [3.8, 4) is 0 Å². The van der Waals surface area contributed by atoms with Crippen molar-refractivity contribution in [3.05, 3.63) is 53.6 Å². The van der Waals surface area contributed by atoms with Crippen molar-refractivity contribution < 1.29 is 14.7 Å². The topological polar surface area (TPSA) is 95.1 Å². The van der Waals surface area contributed by atoms with Crippen LogP contribution in [0, 0.1) is 6.92 Å². The zero-order valence-electron chi connectivity index (χ0n) is 11.7. The quantitative estimate of drug-likeness (QED) is 0.740. The molecular weight excluding hydrogens is 270 g/mol. The molecule has 0 fully saturated rings. The fraction of sp³-hybridized carbons (Fsp3) is 0.267. The number of nitrogens with one attached hydrogen (secondary N) is 2. The molecule has 2 aromatic rings. The molecule has 2 rings (SSSR count). The average molecular weight is 287 g/mol. The van der Waals surface area contributed by atoms with Gasteiger partial charge in [0.05, 0.1) is 12.7 Å². The molecule has 0 spiro atoms. The van der Waals surface area contributed by atoms with Gasteiger partial charge >= 0.3 is 5.97 Å². The summed E-state index contributed by atoms with van der Waals surface area (Å²) in [5, 5.41) is 11.7. The van der Waals surface area contributed by atoms with Gasteiger partial charge in [0.15, 0.2) is 0 Å². The monoisotopic (exact) mass is 287 g/mol. The molecule has 0 saturated carbocycles. The lowest BCUT2D eigenvalue weighted by atomic mass is 10.1. The number of aromatic amines is 1. The van der Waals surface area contributed by atoms with Crippen molar-refractivity contribution >= 4 is 11.9 Å². The summed E-state index contributed by atoms with van der Waals surface area (Å²) in [5.41, 5.74) is 2.56. The van der Waals surface area contributed by atoms with Crippen LogP contribution in [0.2, 0.25) is 0 Å². The number of imidazole rings is 1. The van der Waals surface area contributed by atoms with Crippen molar-refractivity contribution in [1.82, 2.24) is 15.3 Å². The van der Waals surface area contributed by atoms with Crippen LogP contribution < -0.4 is 5.32 Å². The van der Waals surface area contributed by atoms with Crippen molar-refractivity contribution in [1.29, 1.82) is 0 Å². The first kappa shape index (κ1) is 14.8. The zero-order valence-corrected chi connectivity index (χ0v) is 11.7. The number of nitrogens with zero attached hydrogens (tertiary/aromatic N) is 1. The third kappa shape index (κ3) is 4.17. The molecule has 6 heteroatoms. The van der Waals surface area contributed by atoms with Gasteiger partial charge in [-0.2, -0.15) is 0 Å². The average Bonchev–Trinajstić information content (AvgIpc) is 2.93. The number of rotatable bonds is 6. The lowest BCUT2D eigenvalue weighted by Crippen LogP contribution is -2.43. The van der Waals surface area contributed by atoms with Gasteiger partial charge in [0.25, 0.3) is 0 Å². The number of carbonyl (C=O) groups excluding carboxylic acids is 1. The summed E-state index contributed by atoms with van der Waals surface area (Å²) in [6, 6.07) is 6.56. The molecular formula is C15H17N3O3. The van der Waals surface area contributed by atoms with Gasteiger partial charge in [-0.25, -0.2) is 9.78 Å². The van der Waals surface area contributed by atoms with E-state index in [2.05, 4.69) is 15.3 Å². The lowest BCUT2D eigenvalue weighted by Gasteiger charge is -2.14. The second-order valence-corrected chi connectivity index (χ2v) is 4.84. The maximum absolute atomic E-state index is 12.0. The Morgan fingerprint density at radius 3 is 2.76 bits per heavy atom. The van der Waals surface area contributed by atoms with Gasteiger partial charge in [0.2, 0.25) is 5.91 Å². The first-order chi connectivity index (χ1) is 10.1. The van der Waals surface area contributed by atoms with Crippen LogP contribution in [-0.4, -0.2) is 33.0 Å². The Morgan fingerprint density at radius 1 is 1.38 bits per heavy atom. The van der Waals surface area contributed by atoms with Crippen molar-refractivity contribution in [3.63, 3.8) is 0 Å². The summed E-state index contributed by atoms with van der Waals surface area (Å²) < 4.78 is 0. The van der Waals surface area contributed by atoms with E-state index in [0.29, 0.717) is 5.69 Å². The van der Waals surface area contributed by atoms with E-state index < -0.39 is 12.0 Å². The first-order valence-corrected chi connectivity index (χ1v) is 6.60. The number of hydrogen-bond acceptors (Lipinski definition) is 3. The van der Waals surface area contributed by atoms with E-state index in [9.17, 15) is 14.7 Å². The third-order valence-corrected chi connectivity index (χ3v) is 3.22. The molecule has 0 aliphatic rings. The van der Waals surface area contributed by atoms with Crippen molar-refractivity contribution in [2.24, 2.45) is 0 Å². The molecule has 0 aliphatic heterocycles. The number of carboxylic acids is 1. The van der Waals surface area contributed by atoms with Gasteiger partial charge in [-0.15, -0.1) is 0 Å². The van der Waals surface area contributed by atoms with E-state index in [4.69, 9.17) is 0 Å².